The first-order chi connectivity index (χ1) is 14.1. The molecule has 2 fully saturated rings. The molecule has 0 saturated carbocycles. The molecule has 11 heteroatoms. The summed E-state index contributed by atoms with van der Waals surface area (Å²) < 4.78 is 43.5. The number of sulfone groups is 1. The first-order valence-corrected chi connectivity index (χ1v) is 12.1. The fraction of sp³-hybridized carbons (Fsp3) is 0.750. The van der Waals surface area contributed by atoms with Crippen molar-refractivity contribution in [2.45, 2.75) is 88.5 Å². The van der Waals surface area contributed by atoms with Crippen molar-refractivity contribution in [1.29, 1.82) is 0 Å². The van der Waals surface area contributed by atoms with E-state index in [0.29, 0.717) is 24.8 Å². The van der Waals surface area contributed by atoms with E-state index in [9.17, 15) is 13.2 Å². The van der Waals surface area contributed by atoms with Gasteiger partial charge in [0.25, 0.3) is 0 Å². The number of carbonyl (C=O) groups is 1. The molecule has 3 rings (SSSR count). The van der Waals surface area contributed by atoms with Gasteiger partial charge in [0.1, 0.15) is 5.60 Å². The van der Waals surface area contributed by atoms with Crippen LogP contribution in [-0.4, -0.2) is 71.6 Å². The molecule has 1 atom stereocenters. The Bertz CT molecular complexity index is 911. The lowest BCUT2D eigenvalue weighted by Gasteiger charge is -2.33. The lowest BCUT2D eigenvalue weighted by molar-refractivity contribution is 0.00578. The summed E-state index contributed by atoms with van der Waals surface area (Å²) in [5.41, 5.74) is -1.13. The fourth-order valence-corrected chi connectivity index (χ4v) is 4.96. The van der Waals surface area contributed by atoms with E-state index < -0.39 is 45.1 Å². The van der Waals surface area contributed by atoms with Crippen LogP contribution in [0.5, 0.6) is 0 Å². The number of ether oxygens (including phenoxy) is 1. The highest BCUT2D eigenvalue weighted by Crippen LogP contribution is 2.36. The highest BCUT2D eigenvalue weighted by Gasteiger charge is 2.52. The van der Waals surface area contributed by atoms with Crippen LogP contribution in [0.3, 0.4) is 0 Å². The van der Waals surface area contributed by atoms with Gasteiger partial charge in [-0.2, -0.15) is 0 Å². The Balaban J connectivity index is 1.73. The maximum atomic E-state index is 13.1. The van der Waals surface area contributed by atoms with Crippen LogP contribution < -0.4 is 5.46 Å². The zero-order chi connectivity index (χ0) is 23.2. The Morgan fingerprint density at radius 2 is 1.71 bits per heavy atom. The van der Waals surface area contributed by atoms with E-state index in [2.05, 4.69) is 9.97 Å². The summed E-state index contributed by atoms with van der Waals surface area (Å²) in [6.45, 7) is 13.6. The SMILES string of the molecule is CC(C)(C)OC(=O)N1CCC[C@@H](S(=O)(=O)c2ncc(B3OC(C)(C)C(C)(C)O3)cn2)C1. The maximum Gasteiger partial charge on any atom is 0.498 e. The summed E-state index contributed by atoms with van der Waals surface area (Å²) in [7, 11) is -4.48. The number of nitrogens with zero attached hydrogens (tertiary/aromatic N) is 3. The molecule has 2 aliphatic heterocycles. The van der Waals surface area contributed by atoms with Crippen molar-refractivity contribution in [1.82, 2.24) is 14.9 Å². The van der Waals surface area contributed by atoms with Crippen LogP contribution in [0.15, 0.2) is 17.6 Å². The van der Waals surface area contributed by atoms with E-state index in [-0.39, 0.29) is 11.7 Å². The number of rotatable bonds is 3. The molecule has 0 radical (unpaired) electrons. The van der Waals surface area contributed by atoms with Crippen LogP contribution in [0.1, 0.15) is 61.3 Å². The monoisotopic (exact) mass is 453 g/mol. The third-order valence-electron chi connectivity index (χ3n) is 5.90. The molecule has 0 bridgehead atoms. The number of aromatic nitrogens is 2. The van der Waals surface area contributed by atoms with E-state index in [4.69, 9.17) is 14.0 Å². The van der Waals surface area contributed by atoms with Crippen molar-refractivity contribution in [3.05, 3.63) is 12.4 Å². The van der Waals surface area contributed by atoms with Gasteiger partial charge in [0.15, 0.2) is 0 Å². The second kappa shape index (κ2) is 8.01. The number of carbonyl (C=O) groups excluding carboxylic acids is 1. The number of amides is 1. The van der Waals surface area contributed by atoms with Crippen LogP contribution in [0.4, 0.5) is 4.79 Å². The molecule has 172 valence electrons. The standard InChI is InChI=1S/C20H32BN3O6S/c1-18(2,3)28-17(25)24-10-8-9-15(13-24)31(26,27)16-22-11-14(12-23-16)21-29-19(4,5)20(6,7)30-21/h11-12,15H,8-10,13H2,1-7H3/t15-/m1/s1. The predicted octanol–water partition coefficient (Wildman–Crippen LogP) is 1.95. The molecule has 2 saturated heterocycles. The lowest BCUT2D eigenvalue weighted by Crippen LogP contribution is -2.47. The van der Waals surface area contributed by atoms with Gasteiger partial charge < -0.3 is 18.9 Å². The third kappa shape index (κ3) is 5.04. The number of likely N-dealkylation sites (tertiary alicyclic amines) is 1. The average Bonchev–Trinajstić information content (AvgIpc) is 2.88. The van der Waals surface area contributed by atoms with Gasteiger partial charge in [-0.1, -0.05) is 0 Å². The highest BCUT2D eigenvalue weighted by atomic mass is 32.2. The molecule has 0 N–H and O–H groups in total. The molecule has 31 heavy (non-hydrogen) atoms. The highest BCUT2D eigenvalue weighted by molar-refractivity contribution is 7.91. The van der Waals surface area contributed by atoms with E-state index in [1.54, 1.807) is 20.8 Å². The van der Waals surface area contributed by atoms with E-state index in [1.807, 2.05) is 27.7 Å². The average molecular weight is 453 g/mol. The molecular formula is C20H32BN3O6S. The Morgan fingerprint density at radius 1 is 1.16 bits per heavy atom. The summed E-state index contributed by atoms with van der Waals surface area (Å²) in [6.07, 6.45) is 3.34. The summed E-state index contributed by atoms with van der Waals surface area (Å²) in [4.78, 5) is 22.0. The third-order valence-corrected chi connectivity index (χ3v) is 7.88. The quantitative estimate of drug-likeness (QED) is 0.505. The molecule has 9 nitrogen and oxygen atoms in total. The second-order valence-corrected chi connectivity index (χ2v) is 12.2. The maximum absolute atomic E-state index is 13.1. The Morgan fingerprint density at radius 3 is 2.23 bits per heavy atom. The van der Waals surface area contributed by atoms with Crippen molar-refractivity contribution in [3.63, 3.8) is 0 Å². The minimum absolute atomic E-state index is 0.0551. The molecule has 2 aliphatic rings. The first kappa shape index (κ1) is 23.9. The molecule has 0 spiro atoms. The largest absolute Gasteiger partial charge is 0.498 e. The summed E-state index contributed by atoms with van der Waals surface area (Å²) in [6, 6.07) is 0. The van der Waals surface area contributed by atoms with Gasteiger partial charge in [0.05, 0.1) is 16.5 Å². The van der Waals surface area contributed by atoms with Gasteiger partial charge in [-0.15, -0.1) is 0 Å². The molecule has 1 aromatic rings. The molecular weight excluding hydrogens is 421 g/mol. The fourth-order valence-electron chi connectivity index (χ4n) is 3.41. The molecule has 0 aliphatic carbocycles. The smallest absolute Gasteiger partial charge is 0.444 e. The normalized spacial score (nSPS) is 23.6. The van der Waals surface area contributed by atoms with Crippen molar-refractivity contribution < 1.29 is 27.3 Å². The number of piperidine rings is 1. The van der Waals surface area contributed by atoms with E-state index in [1.165, 1.54) is 17.3 Å². The first-order valence-electron chi connectivity index (χ1n) is 10.5. The zero-order valence-electron chi connectivity index (χ0n) is 19.3. The van der Waals surface area contributed by atoms with E-state index in [0.717, 1.165) is 0 Å². The van der Waals surface area contributed by atoms with Crippen molar-refractivity contribution in [2.75, 3.05) is 13.1 Å². The second-order valence-electron chi connectivity index (χ2n) is 10.1. The van der Waals surface area contributed by atoms with Gasteiger partial charge in [-0.3, -0.25) is 0 Å². The van der Waals surface area contributed by atoms with Crippen LogP contribution in [0, 0.1) is 0 Å². The molecule has 1 aromatic heterocycles. The van der Waals surface area contributed by atoms with Crippen LogP contribution in [0.2, 0.25) is 0 Å². The minimum Gasteiger partial charge on any atom is -0.444 e. The zero-order valence-corrected chi connectivity index (χ0v) is 20.2. The van der Waals surface area contributed by atoms with Crippen molar-refractivity contribution in [3.8, 4) is 0 Å². The van der Waals surface area contributed by atoms with Crippen molar-refractivity contribution >= 4 is 28.5 Å². The molecule has 0 aromatic carbocycles. The van der Waals surface area contributed by atoms with Gasteiger partial charge in [-0.05, 0) is 61.3 Å². The Hall–Kier alpha value is -1.72. The van der Waals surface area contributed by atoms with Gasteiger partial charge in [-0.25, -0.2) is 23.2 Å². The van der Waals surface area contributed by atoms with Crippen LogP contribution in [0.25, 0.3) is 0 Å². The number of hydrogen-bond acceptors (Lipinski definition) is 8. The molecule has 0 unspecified atom stereocenters. The van der Waals surface area contributed by atoms with Crippen LogP contribution in [-0.2, 0) is 23.9 Å². The van der Waals surface area contributed by atoms with Gasteiger partial charge >= 0.3 is 13.2 Å². The Kier molecular flexibility index (Phi) is 6.18. The topological polar surface area (TPSA) is 108 Å². The molecule has 1 amide bonds. The van der Waals surface area contributed by atoms with Crippen LogP contribution >= 0.6 is 0 Å². The summed E-state index contributed by atoms with van der Waals surface area (Å²) >= 11 is 0. The van der Waals surface area contributed by atoms with Gasteiger partial charge in [0, 0.05) is 30.9 Å². The number of hydrogen-bond donors (Lipinski definition) is 0. The summed E-state index contributed by atoms with van der Waals surface area (Å²) in [5.74, 6) is 0. The van der Waals surface area contributed by atoms with E-state index >= 15 is 0 Å². The predicted molar refractivity (Wildman–Crippen MR) is 116 cm³/mol. The van der Waals surface area contributed by atoms with Gasteiger partial charge in [0.2, 0.25) is 15.0 Å². The minimum atomic E-state index is -3.81. The lowest BCUT2D eigenvalue weighted by atomic mass is 9.81. The van der Waals surface area contributed by atoms with Crippen molar-refractivity contribution in [2.24, 2.45) is 0 Å². The summed E-state index contributed by atoms with van der Waals surface area (Å²) in [5, 5.41) is -1.04. The Labute approximate surface area is 184 Å². The molecule has 3 heterocycles.